The summed E-state index contributed by atoms with van der Waals surface area (Å²) in [5.41, 5.74) is 3.36. The molecule has 0 atom stereocenters. The molecular formula is C15H21BrN4O2S. The molecular weight excluding hydrogens is 380 g/mol. The first kappa shape index (κ1) is 18.1. The van der Waals surface area contributed by atoms with Gasteiger partial charge in [-0.2, -0.15) is 5.10 Å². The number of phenols is 1. The van der Waals surface area contributed by atoms with Gasteiger partial charge in [0.2, 0.25) is 0 Å². The second-order valence-corrected chi connectivity index (χ2v) is 6.46. The van der Waals surface area contributed by atoms with E-state index in [1.165, 1.54) is 6.21 Å². The number of hydrogen-bond acceptors (Lipinski definition) is 5. The van der Waals surface area contributed by atoms with Gasteiger partial charge in [-0.3, -0.25) is 10.3 Å². The highest BCUT2D eigenvalue weighted by atomic mass is 79.9. The lowest BCUT2D eigenvalue weighted by molar-refractivity contribution is 0.0376. The summed E-state index contributed by atoms with van der Waals surface area (Å²) in [5, 5.41) is 17.3. The number of rotatable bonds is 6. The average molecular weight is 401 g/mol. The van der Waals surface area contributed by atoms with Crippen LogP contribution in [-0.2, 0) is 4.74 Å². The second kappa shape index (κ2) is 9.82. The minimum Gasteiger partial charge on any atom is -0.507 e. The molecule has 6 nitrogen and oxygen atoms in total. The van der Waals surface area contributed by atoms with E-state index in [-0.39, 0.29) is 5.75 Å². The molecule has 1 aliphatic heterocycles. The van der Waals surface area contributed by atoms with Gasteiger partial charge in [0.25, 0.3) is 0 Å². The molecule has 1 aromatic carbocycles. The van der Waals surface area contributed by atoms with Gasteiger partial charge in [0.15, 0.2) is 5.11 Å². The molecule has 2 rings (SSSR count). The molecule has 0 saturated carbocycles. The summed E-state index contributed by atoms with van der Waals surface area (Å²) in [4.78, 5) is 2.38. The van der Waals surface area contributed by atoms with E-state index in [9.17, 15) is 5.11 Å². The molecule has 0 aliphatic carbocycles. The van der Waals surface area contributed by atoms with Crippen molar-refractivity contribution < 1.29 is 9.84 Å². The molecule has 1 saturated heterocycles. The standard InChI is InChI=1S/C15H21BrN4O2S/c16-13-2-3-14(21)12(10-13)11-18-19-15(23)17-4-1-5-20-6-8-22-9-7-20/h2-3,10-11,21H,1,4-9H2,(H2,17,19,23)/b18-11+. The number of benzene rings is 1. The van der Waals surface area contributed by atoms with Gasteiger partial charge in [-0.15, -0.1) is 0 Å². The zero-order valence-electron chi connectivity index (χ0n) is 12.8. The van der Waals surface area contributed by atoms with Crippen LogP contribution in [0.1, 0.15) is 12.0 Å². The van der Waals surface area contributed by atoms with E-state index in [0.29, 0.717) is 10.7 Å². The van der Waals surface area contributed by atoms with Crippen LogP contribution in [0.25, 0.3) is 0 Å². The van der Waals surface area contributed by atoms with E-state index in [1.54, 1.807) is 18.2 Å². The van der Waals surface area contributed by atoms with E-state index < -0.39 is 0 Å². The molecule has 0 aromatic heterocycles. The van der Waals surface area contributed by atoms with Gasteiger partial charge in [0, 0.05) is 29.7 Å². The van der Waals surface area contributed by atoms with Crippen molar-refractivity contribution in [3.63, 3.8) is 0 Å². The number of ether oxygens (including phenoxy) is 1. The van der Waals surface area contributed by atoms with Crippen LogP contribution in [0.4, 0.5) is 0 Å². The van der Waals surface area contributed by atoms with Crippen LogP contribution in [0.3, 0.4) is 0 Å². The summed E-state index contributed by atoms with van der Waals surface area (Å²) in [5.74, 6) is 0.170. The summed E-state index contributed by atoms with van der Waals surface area (Å²) in [6, 6.07) is 5.15. The van der Waals surface area contributed by atoms with Gasteiger partial charge in [0.1, 0.15) is 5.75 Å². The van der Waals surface area contributed by atoms with Gasteiger partial charge < -0.3 is 15.2 Å². The van der Waals surface area contributed by atoms with Crippen molar-refractivity contribution in [3.8, 4) is 5.75 Å². The molecule has 126 valence electrons. The van der Waals surface area contributed by atoms with Gasteiger partial charge in [-0.05, 0) is 43.4 Å². The minimum absolute atomic E-state index is 0.170. The van der Waals surface area contributed by atoms with Crippen LogP contribution < -0.4 is 10.7 Å². The van der Waals surface area contributed by atoms with Crippen molar-refractivity contribution >= 4 is 39.5 Å². The summed E-state index contributed by atoms with van der Waals surface area (Å²) in [6.07, 6.45) is 2.54. The van der Waals surface area contributed by atoms with Gasteiger partial charge in [0.05, 0.1) is 19.4 Å². The van der Waals surface area contributed by atoms with Crippen LogP contribution in [0.5, 0.6) is 5.75 Å². The minimum atomic E-state index is 0.170. The fourth-order valence-electron chi connectivity index (χ4n) is 2.16. The van der Waals surface area contributed by atoms with Crippen molar-refractivity contribution in [2.75, 3.05) is 39.4 Å². The Morgan fingerprint density at radius 2 is 2.22 bits per heavy atom. The third-order valence-electron chi connectivity index (χ3n) is 3.40. The van der Waals surface area contributed by atoms with Crippen molar-refractivity contribution in [2.24, 2.45) is 5.10 Å². The number of hydrazone groups is 1. The lowest BCUT2D eigenvalue weighted by Gasteiger charge is -2.26. The molecule has 8 heteroatoms. The molecule has 1 aliphatic rings. The Labute approximate surface area is 150 Å². The van der Waals surface area contributed by atoms with E-state index >= 15 is 0 Å². The molecule has 3 N–H and O–H groups in total. The van der Waals surface area contributed by atoms with Crippen molar-refractivity contribution in [1.82, 2.24) is 15.6 Å². The molecule has 1 fully saturated rings. The summed E-state index contributed by atoms with van der Waals surface area (Å²) >= 11 is 8.51. The van der Waals surface area contributed by atoms with Crippen molar-refractivity contribution in [1.29, 1.82) is 0 Å². The highest BCUT2D eigenvalue weighted by Crippen LogP contribution is 2.19. The first-order chi connectivity index (χ1) is 11.1. The molecule has 1 aromatic rings. The Morgan fingerprint density at radius 3 is 3.00 bits per heavy atom. The van der Waals surface area contributed by atoms with E-state index in [0.717, 1.165) is 50.3 Å². The number of halogens is 1. The Hall–Kier alpha value is -1.22. The van der Waals surface area contributed by atoms with Gasteiger partial charge in [-0.25, -0.2) is 0 Å². The maximum Gasteiger partial charge on any atom is 0.186 e. The number of nitrogens with one attached hydrogen (secondary N) is 2. The number of nitrogens with zero attached hydrogens (tertiary/aromatic N) is 2. The fraction of sp³-hybridized carbons (Fsp3) is 0.467. The molecule has 0 radical (unpaired) electrons. The Balaban J connectivity index is 1.62. The summed E-state index contributed by atoms with van der Waals surface area (Å²) < 4.78 is 6.19. The third kappa shape index (κ3) is 6.82. The number of thiocarbonyl (C=S) groups is 1. The largest absolute Gasteiger partial charge is 0.507 e. The van der Waals surface area contributed by atoms with Crippen LogP contribution >= 0.6 is 28.1 Å². The normalized spacial score (nSPS) is 15.7. The smallest absolute Gasteiger partial charge is 0.186 e. The number of phenolic OH excluding ortho intramolecular Hbond substituents is 1. The van der Waals surface area contributed by atoms with Gasteiger partial charge in [-0.1, -0.05) is 15.9 Å². The van der Waals surface area contributed by atoms with Crippen LogP contribution in [-0.4, -0.2) is 60.7 Å². The first-order valence-corrected chi connectivity index (χ1v) is 8.71. The molecule has 0 unspecified atom stereocenters. The zero-order valence-corrected chi connectivity index (χ0v) is 15.2. The SMILES string of the molecule is Oc1ccc(Br)cc1/C=N/NC(=S)NCCCN1CCOCC1. The Morgan fingerprint density at radius 1 is 1.43 bits per heavy atom. The highest BCUT2D eigenvalue weighted by molar-refractivity contribution is 9.10. The van der Waals surface area contributed by atoms with E-state index in [4.69, 9.17) is 17.0 Å². The van der Waals surface area contributed by atoms with Crippen LogP contribution in [0.2, 0.25) is 0 Å². The molecule has 1 heterocycles. The maximum atomic E-state index is 9.70. The predicted molar refractivity (Wildman–Crippen MR) is 99.0 cm³/mol. The van der Waals surface area contributed by atoms with Crippen LogP contribution in [0.15, 0.2) is 27.8 Å². The zero-order chi connectivity index (χ0) is 16.5. The molecule has 0 amide bonds. The molecule has 0 bridgehead atoms. The van der Waals surface area contributed by atoms with E-state index in [2.05, 4.69) is 36.7 Å². The quantitative estimate of drug-likeness (QED) is 0.292. The van der Waals surface area contributed by atoms with Crippen molar-refractivity contribution in [3.05, 3.63) is 28.2 Å². The number of morpholine rings is 1. The predicted octanol–water partition coefficient (Wildman–Crippen LogP) is 1.67. The first-order valence-electron chi connectivity index (χ1n) is 7.50. The summed E-state index contributed by atoms with van der Waals surface area (Å²) in [7, 11) is 0. The van der Waals surface area contributed by atoms with Crippen molar-refractivity contribution in [2.45, 2.75) is 6.42 Å². The lowest BCUT2D eigenvalue weighted by atomic mass is 10.2. The molecule has 0 spiro atoms. The number of hydrogen-bond donors (Lipinski definition) is 3. The molecule has 23 heavy (non-hydrogen) atoms. The Bertz CT molecular complexity index is 550. The maximum absolute atomic E-state index is 9.70. The fourth-order valence-corrected chi connectivity index (χ4v) is 2.69. The summed E-state index contributed by atoms with van der Waals surface area (Å²) in [6.45, 7) is 5.48. The highest BCUT2D eigenvalue weighted by Gasteiger charge is 2.09. The third-order valence-corrected chi connectivity index (χ3v) is 4.13. The topological polar surface area (TPSA) is 69.1 Å². The van der Waals surface area contributed by atoms with Gasteiger partial charge >= 0.3 is 0 Å². The second-order valence-electron chi connectivity index (χ2n) is 5.14. The monoisotopic (exact) mass is 400 g/mol. The van der Waals surface area contributed by atoms with E-state index in [1.807, 2.05) is 0 Å². The van der Waals surface area contributed by atoms with Crippen LogP contribution in [0, 0.1) is 0 Å². The lowest BCUT2D eigenvalue weighted by Crippen LogP contribution is -2.39. The Kier molecular flexibility index (Phi) is 7.73. The number of aromatic hydroxyl groups is 1. The average Bonchev–Trinajstić information content (AvgIpc) is 2.56.